The third-order valence-corrected chi connectivity index (χ3v) is 5.75. The van der Waals surface area contributed by atoms with Gasteiger partial charge in [0.15, 0.2) is 0 Å². The Hall–Kier alpha value is -4.26. The molecule has 4 aromatic rings. The van der Waals surface area contributed by atoms with Gasteiger partial charge in [0.25, 0.3) is 5.91 Å². The lowest BCUT2D eigenvalue weighted by atomic mass is 9.92. The maximum absolute atomic E-state index is 12.9. The zero-order chi connectivity index (χ0) is 23.0. The summed E-state index contributed by atoms with van der Waals surface area (Å²) in [6, 6.07) is 19.8. The quantitative estimate of drug-likeness (QED) is 0.464. The lowest BCUT2D eigenvalue weighted by Crippen LogP contribution is -2.33. The molecule has 2 amide bonds. The van der Waals surface area contributed by atoms with Crippen LogP contribution in [0.1, 0.15) is 35.8 Å². The second kappa shape index (κ2) is 8.02. The number of anilines is 2. The fraction of sp³-hybridized carbons (Fsp3) is 0.154. The monoisotopic (exact) mass is 438 g/mol. The van der Waals surface area contributed by atoms with Crippen molar-refractivity contribution in [3.8, 4) is 0 Å². The van der Waals surface area contributed by atoms with E-state index in [1.807, 2.05) is 56.3 Å². The lowest BCUT2D eigenvalue weighted by Gasteiger charge is -2.29. The van der Waals surface area contributed by atoms with Crippen molar-refractivity contribution < 1.29 is 14.3 Å². The van der Waals surface area contributed by atoms with E-state index in [0.717, 1.165) is 16.5 Å². The molecule has 0 unspecified atom stereocenters. The van der Waals surface area contributed by atoms with E-state index >= 15 is 0 Å². The zero-order valence-electron chi connectivity index (χ0n) is 18.2. The summed E-state index contributed by atoms with van der Waals surface area (Å²) in [4.78, 5) is 35.8. The Morgan fingerprint density at radius 1 is 1.00 bits per heavy atom. The number of para-hydroxylation sites is 1. The van der Waals surface area contributed by atoms with Gasteiger partial charge in [0.1, 0.15) is 11.6 Å². The Morgan fingerprint density at radius 3 is 2.52 bits per heavy atom. The molecular formula is C26H22N4O3. The first kappa shape index (κ1) is 20.6. The molecule has 2 aromatic carbocycles. The molecule has 1 atom stereocenters. The summed E-state index contributed by atoms with van der Waals surface area (Å²) >= 11 is 0. The van der Waals surface area contributed by atoms with Crippen molar-refractivity contribution in [2.24, 2.45) is 0 Å². The van der Waals surface area contributed by atoms with Crippen molar-refractivity contribution in [1.29, 1.82) is 0 Å². The van der Waals surface area contributed by atoms with Gasteiger partial charge in [-0.1, -0.05) is 24.3 Å². The predicted octanol–water partition coefficient (Wildman–Crippen LogP) is 5.36. The smallest absolute Gasteiger partial charge is 0.415 e. The van der Waals surface area contributed by atoms with E-state index in [2.05, 4.69) is 15.3 Å². The fourth-order valence-electron chi connectivity index (χ4n) is 4.26. The van der Waals surface area contributed by atoms with Gasteiger partial charge in [-0.15, -0.1) is 0 Å². The molecule has 3 heterocycles. The second-order valence-corrected chi connectivity index (χ2v) is 8.41. The average Bonchev–Trinajstić information content (AvgIpc) is 3.08. The van der Waals surface area contributed by atoms with Crippen molar-refractivity contribution in [2.75, 3.05) is 10.2 Å². The lowest BCUT2D eigenvalue weighted by molar-refractivity contribution is 0.0684. The standard InChI is InChI=1S/C26H22N4O3/c1-26(2)23(19-8-4-14-27-16-19)30(25(32)33-26)20-12-10-18(11-13-20)24(31)29-21-9-3-6-17-7-5-15-28-22(17)21/h3-16,23H,1-2H3,(H,29,31)/t23-/m0/s1. The van der Waals surface area contributed by atoms with Gasteiger partial charge < -0.3 is 10.1 Å². The highest BCUT2D eigenvalue weighted by molar-refractivity contribution is 6.08. The molecule has 33 heavy (non-hydrogen) atoms. The first-order chi connectivity index (χ1) is 15.9. The minimum Gasteiger partial charge on any atom is -0.441 e. The fourth-order valence-corrected chi connectivity index (χ4v) is 4.26. The Bertz CT molecular complexity index is 1330. The molecule has 7 nitrogen and oxygen atoms in total. The van der Waals surface area contributed by atoms with Gasteiger partial charge in [0, 0.05) is 35.2 Å². The molecule has 0 bridgehead atoms. The minimum atomic E-state index is -0.739. The predicted molar refractivity (Wildman–Crippen MR) is 126 cm³/mol. The number of hydrogen-bond acceptors (Lipinski definition) is 5. The zero-order valence-corrected chi connectivity index (χ0v) is 18.2. The van der Waals surface area contributed by atoms with Gasteiger partial charge in [0.05, 0.1) is 11.2 Å². The molecule has 1 saturated heterocycles. The molecule has 5 rings (SSSR count). The normalized spacial score (nSPS) is 17.1. The van der Waals surface area contributed by atoms with Crippen molar-refractivity contribution in [3.63, 3.8) is 0 Å². The molecule has 1 N–H and O–H groups in total. The van der Waals surface area contributed by atoms with E-state index in [1.165, 1.54) is 0 Å². The van der Waals surface area contributed by atoms with E-state index in [1.54, 1.807) is 47.8 Å². The highest BCUT2D eigenvalue weighted by atomic mass is 16.6. The highest BCUT2D eigenvalue weighted by Gasteiger charge is 2.49. The maximum Gasteiger partial charge on any atom is 0.415 e. The summed E-state index contributed by atoms with van der Waals surface area (Å²) in [5.41, 5.74) is 2.62. The number of rotatable bonds is 4. The summed E-state index contributed by atoms with van der Waals surface area (Å²) < 4.78 is 5.65. The van der Waals surface area contributed by atoms with Crippen LogP contribution in [0.3, 0.4) is 0 Å². The van der Waals surface area contributed by atoms with Crippen molar-refractivity contribution >= 4 is 34.3 Å². The summed E-state index contributed by atoms with van der Waals surface area (Å²) in [6.45, 7) is 3.76. The molecule has 164 valence electrons. The Labute approximate surface area is 191 Å². The van der Waals surface area contributed by atoms with Crippen LogP contribution in [0.15, 0.2) is 85.3 Å². The maximum atomic E-state index is 12.9. The number of hydrogen-bond donors (Lipinski definition) is 1. The molecule has 0 aliphatic carbocycles. The van der Waals surface area contributed by atoms with E-state index in [4.69, 9.17) is 4.74 Å². The SMILES string of the molecule is CC1(C)OC(=O)N(c2ccc(C(=O)Nc3cccc4cccnc34)cc2)[C@H]1c1cccnc1. The number of nitrogens with zero attached hydrogens (tertiary/aromatic N) is 3. The number of benzene rings is 2. The van der Waals surface area contributed by atoms with Gasteiger partial charge in [0.2, 0.25) is 0 Å². The van der Waals surface area contributed by atoms with E-state index < -0.39 is 11.7 Å². The van der Waals surface area contributed by atoms with Crippen LogP contribution < -0.4 is 10.2 Å². The number of carbonyl (C=O) groups excluding carboxylic acids is 2. The van der Waals surface area contributed by atoms with Crippen LogP contribution in [0, 0.1) is 0 Å². The molecular weight excluding hydrogens is 416 g/mol. The van der Waals surface area contributed by atoms with Crippen LogP contribution in [0.2, 0.25) is 0 Å². The van der Waals surface area contributed by atoms with Crippen LogP contribution in [-0.2, 0) is 4.74 Å². The topological polar surface area (TPSA) is 84.4 Å². The number of fused-ring (bicyclic) bond motifs is 1. The highest BCUT2D eigenvalue weighted by Crippen LogP contribution is 2.43. The van der Waals surface area contributed by atoms with E-state index in [0.29, 0.717) is 16.9 Å². The number of cyclic esters (lactones) is 1. The van der Waals surface area contributed by atoms with Crippen LogP contribution in [0.25, 0.3) is 10.9 Å². The molecule has 0 saturated carbocycles. The Morgan fingerprint density at radius 2 is 1.76 bits per heavy atom. The number of amides is 2. The van der Waals surface area contributed by atoms with E-state index in [-0.39, 0.29) is 11.9 Å². The van der Waals surface area contributed by atoms with E-state index in [9.17, 15) is 9.59 Å². The molecule has 1 fully saturated rings. The van der Waals surface area contributed by atoms with Crippen LogP contribution in [-0.4, -0.2) is 27.6 Å². The van der Waals surface area contributed by atoms with Crippen molar-refractivity contribution in [3.05, 3.63) is 96.4 Å². The number of pyridine rings is 2. The first-order valence-corrected chi connectivity index (χ1v) is 10.6. The number of nitrogens with one attached hydrogen (secondary N) is 1. The van der Waals surface area contributed by atoms with Gasteiger partial charge in [-0.3, -0.25) is 19.7 Å². The third-order valence-electron chi connectivity index (χ3n) is 5.75. The van der Waals surface area contributed by atoms with Crippen molar-refractivity contribution in [2.45, 2.75) is 25.5 Å². The molecule has 1 aliphatic heterocycles. The second-order valence-electron chi connectivity index (χ2n) is 8.41. The number of aromatic nitrogens is 2. The Balaban J connectivity index is 1.42. The summed E-state index contributed by atoms with van der Waals surface area (Å²) in [5, 5.41) is 3.88. The van der Waals surface area contributed by atoms with Gasteiger partial charge in [-0.2, -0.15) is 0 Å². The number of ether oxygens (including phenoxy) is 1. The molecule has 7 heteroatoms. The molecule has 2 aromatic heterocycles. The Kier molecular flexibility index (Phi) is 5.01. The number of carbonyl (C=O) groups is 2. The summed E-state index contributed by atoms with van der Waals surface area (Å²) in [6.07, 6.45) is 4.69. The molecule has 0 radical (unpaired) electrons. The molecule has 0 spiro atoms. The largest absolute Gasteiger partial charge is 0.441 e. The van der Waals surface area contributed by atoms with Crippen molar-refractivity contribution in [1.82, 2.24) is 9.97 Å². The summed E-state index contributed by atoms with van der Waals surface area (Å²) in [7, 11) is 0. The summed E-state index contributed by atoms with van der Waals surface area (Å²) in [5.74, 6) is -0.257. The minimum absolute atomic E-state index is 0.257. The van der Waals surface area contributed by atoms with Gasteiger partial charge in [-0.25, -0.2) is 4.79 Å². The third kappa shape index (κ3) is 3.78. The van der Waals surface area contributed by atoms with Crippen LogP contribution in [0.5, 0.6) is 0 Å². The van der Waals surface area contributed by atoms with Gasteiger partial charge in [-0.05, 0) is 61.9 Å². The van der Waals surface area contributed by atoms with Crippen LogP contribution >= 0.6 is 0 Å². The van der Waals surface area contributed by atoms with Crippen LogP contribution in [0.4, 0.5) is 16.2 Å². The van der Waals surface area contributed by atoms with Gasteiger partial charge >= 0.3 is 6.09 Å². The first-order valence-electron chi connectivity index (χ1n) is 10.6. The average molecular weight is 438 g/mol. The molecule has 1 aliphatic rings.